The highest BCUT2D eigenvalue weighted by molar-refractivity contribution is 6.30. The monoisotopic (exact) mass is 232 g/mol. The Balaban J connectivity index is 2.44. The van der Waals surface area contributed by atoms with E-state index in [0.717, 1.165) is 0 Å². The zero-order valence-electron chi connectivity index (χ0n) is 8.13. The molecule has 0 aliphatic carbocycles. The quantitative estimate of drug-likeness (QED) is 0.748. The van der Waals surface area contributed by atoms with Gasteiger partial charge in [-0.1, -0.05) is 11.6 Å². The molecular formula is C10H10ClFO3. The molecule has 1 aromatic rings. The van der Waals surface area contributed by atoms with Crippen LogP contribution >= 0.6 is 11.6 Å². The van der Waals surface area contributed by atoms with Crippen LogP contribution in [-0.2, 0) is 9.53 Å². The van der Waals surface area contributed by atoms with Gasteiger partial charge in [0.1, 0.15) is 11.6 Å². The molecule has 0 spiro atoms. The fraction of sp³-hybridized carbons (Fsp3) is 0.300. The summed E-state index contributed by atoms with van der Waals surface area (Å²) in [5.74, 6) is -0.439. The number of hydrogen-bond donors (Lipinski definition) is 0. The van der Waals surface area contributed by atoms with Crippen LogP contribution in [0, 0.1) is 5.82 Å². The smallest absolute Gasteiger partial charge is 0.308 e. The molecule has 0 aliphatic rings. The van der Waals surface area contributed by atoms with Gasteiger partial charge in [0.15, 0.2) is 0 Å². The first kappa shape index (κ1) is 11.8. The maximum absolute atomic E-state index is 12.7. The predicted molar refractivity (Wildman–Crippen MR) is 53.5 cm³/mol. The molecule has 82 valence electrons. The number of benzene rings is 1. The SMILES string of the molecule is COC(=O)CCOc1ccc(F)c(Cl)c1. The predicted octanol–water partition coefficient (Wildman–Crippen LogP) is 2.42. The Labute approximate surface area is 91.7 Å². The van der Waals surface area contributed by atoms with Crippen molar-refractivity contribution in [3.8, 4) is 5.75 Å². The second-order valence-electron chi connectivity index (χ2n) is 2.75. The number of hydrogen-bond acceptors (Lipinski definition) is 3. The van der Waals surface area contributed by atoms with Crippen LogP contribution in [0.15, 0.2) is 18.2 Å². The Morgan fingerprint density at radius 2 is 2.27 bits per heavy atom. The van der Waals surface area contributed by atoms with Crippen LogP contribution in [0.3, 0.4) is 0 Å². The number of ether oxygens (including phenoxy) is 2. The standard InChI is InChI=1S/C10H10ClFO3/c1-14-10(13)4-5-15-7-2-3-9(12)8(11)6-7/h2-3,6H,4-5H2,1H3. The van der Waals surface area contributed by atoms with Crippen molar-refractivity contribution in [2.45, 2.75) is 6.42 Å². The molecule has 1 rings (SSSR count). The lowest BCUT2D eigenvalue weighted by Crippen LogP contribution is -2.07. The van der Waals surface area contributed by atoms with Gasteiger partial charge in [0, 0.05) is 6.07 Å². The number of carbonyl (C=O) groups is 1. The highest BCUT2D eigenvalue weighted by Crippen LogP contribution is 2.21. The van der Waals surface area contributed by atoms with E-state index in [-0.39, 0.29) is 24.0 Å². The molecular weight excluding hydrogens is 223 g/mol. The highest BCUT2D eigenvalue weighted by Gasteiger charge is 2.03. The summed E-state index contributed by atoms with van der Waals surface area (Å²) < 4.78 is 22.3. The third-order valence-corrected chi connectivity index (χ3v) is 1.98. The summed E-state index contributed by atoms with van der Waals surface area (Å²) in [6, 6.07) is 4.00. The van der Waals surface area contributed by atoms with Crippen molar-refractivity contribution in [2.24, 2.45) is 0 Å². The first-order valence-corrected chi connectivity index (χ1v) is 4.66. The summed E-state index contributed by atoms with van der Waals surface area (Å²) in [5.41, 5.74) is 0. The van der Waals surface area contributed by atoms with Gasteiger partial charge in [-0.3, -0.25) is 4.79 Å². The van der Waals surface area contributed by atoms with E-state index in [1.165, 1.54) is 25.3 Å². The Hall–Kier alpha value is -1.29. The maximum Gasteiger partial charge on any atom is 0.308 e. The molecule has 5 heteroatoms. The fourth-order valence-electron chi connectivity index (χ4n) is 0.921. The van der Waals surface area contributed by atoms with Crippen LogP contribution in [0.25, 0.3) is 0 Å². The van der Waals surface area contributed by atoms with Crippen molar-refractivity contribution in [2.75, 3.05) is 13.7 Å². The minimum absolute atomic E-state index is 0.00873. The van der Waals surface area contributed by atoms with Crippen LogP contribution in [0.1, 0.15) is 6.42 Å². The summed E-state index contributed by atoms with van der Waals surface area (Å²) >= 11 is 5.54. The lowest BCUT2D eigenvalue weighted by molar-refractivity contribution is -0.141. The minimum Gasteiger partial charge on any atom is -0.493 e. The van der Waals surface area contributed by atoms with Crippen molar-refractivity contribution < 1.29 is 18.7 Å². The Bertz CT molecular complexity index is 355. The second-order valence-corrected chi connectivity index (χ2v) is 3.16. The minimum atomic E-state index is -0.503. The van der Waals surface area contributed by atoms with E-state index in [2.05, 4.69) is 4.74 Å². The van der Waals surface area contributed by atoms with Crippen molar-refractivity contribution in [3.05, 3.63) is 29.0 Å². The van der Waals surface area contributed by atoms with E-state index in [0.29, 0.717) is 5.75 Å². The third-order valence-electron chi connectivity index (χ3n) is 1.69. The van der Waals surface area contributed by atoms with Crippen molar-refractivity contribution in [3.63, 3.8) is 0 Å². The van der Waals surface area contributed by atoms with Crippen LogP contribution in [0.4, 0.5) is 4.39 Å². The van der Waals surface area contributed by atoms with E-state index in [4.69, 9.17) is 16.3 Å². The number of carbonyl (C=O) groups excluding carboxylic acids is 1. The van der Waals surface area contributed by atoms with Gasteiger partial charge < -0.3 is 9.47 Å². The van der Waals surface area contributed by atoms with Crippen LogP contribution in [-0.4, -0.2) is 19.7 Å². The van der Waals surface area contributed by atoms with Gasteiger partial charge in [0.2, 0.25) is 0 Å². The second kappa shape index (κ2) is 5.56. The highest BCUT2D eigenvalue weighted by atomic mass is 35.5. The van der Waals surface area contributed by atoms with E-state index in [1.807, 2.05) is 0 Å². The Morgan fingerprint density at radius 1 is 1.53 bits per heavy atom. The van der Waals surface area contributed by atoms with Gasteiger partial charge in [-0.25, -0.2) is 4.39 Å². The molecule has 0 aromatic heterocycles. The van der Waals surface area contributed by atoms with E-state index >= 15 is 0 Å². The molecule has 0 N–H and O–H groups in total. The summed E-state index contributed by atoms with van der Waals surface area (Å²) in [6.45, 7) is 0.175. The molecule has 0 amide bonds. The number of rotatable bonds is 4. The maximum atomic E-state index is 12.7. The summed E-state index contributed by atoms with van der Waals surface area (Å²) in [5, 5.41) is -0.00873. The van der Waals surface area contributed by atoms with Crippen LogP contribution < -0.4 is 4.74 Å². The average Bonchev–Trinajstić information content (AvgIpc) is 2.23. The molecule has 0 saturated heterocycles. The lowest BCUT2D eigenvalue weighted by atomic mass is 10.3. The van der Waals surface area contributed by atoms with Crippen molar-refractivity contribution >= 4 is 17.6 Å². The van der Waals surface area contributed by atoms with Gasteiger partial charge in [-0.2, -0.15) is 0 Å². The van der Waals surface area contributed by atoms with Gasteiger partial charge in [-0.05, 0) is 12.1 Å². The molecule has 0 aliphatic heterocycles. The first-order chi connectivity index (χ1) is 7.13. The molecule has 0 unspecified atom stereocenters. The molecule has 3 nitrogen and oxygen atoms in total. The van der Waals surface area contributed by atoms with Crippen LogP contribution in [0.5, 0.6) is 5.75 Å². The number of esters is 1. The topological polar surface area (TPSA) is 35.5 Å². The molecule has 0 bridgehead atoms. The van der Waals surface area contributed by atoms with Gasteiger partial charge in [-0.15, -0.1) is 0 Å². The van der Waals surface area contributed by atoms with Crippen molar-refractivity contribution in [1.82, 2.24) is 0 Å². The molecule has 1 aromatic carbocycles. The lowest BCUT2D eigenvalue weighted by Gasteiger charge is -2.05. The Morgan fingerprint density at radius 3 is 2.87 bits per heavy atom. The first-order valence-electron chi connectivity index (χ1n) is 4.28. The zero-order chi connectivity index (χ0) is 11.3. The zero-order valence-corrected chi connectivity index (χ0v) is 8.88. The van der Waals surface area contributed by atoms with Gasteiger partial charge >= 0.3 is 5.97 Å². The third kappa shape index (κ3) is 3.75. The fourth-order valence-corrected chi connectivity index (χ4v) is 1.09. The largest absolute Gasteiger partial charge is 0.493 e. The normalized spacial score (nSPS) is 9.80. The van der Waals surface area contributed by atoms with Crippen molar-refractivity contribution in [1.29, 1.82) is 0 Å². The number of halogens is 2. The van der Waals surface area contributed by atoms with Crippen LogP contribution in [0.2, 0.25) is 5.02 Å². The van der Waals surface area contributed by atoms with E-state index in [9.17, 15) is 9.18 Å². The summed E-state index contributed by atoms with van der Waals surface area (Å²) in [6.07, 6.45) is 0.144. The van der Waals surface area contributed by atoms with E-state index < -0.39 is 5.82 Å². The molecule has 0 saturated carbocycles. The molecule has 0 heterocycles. The van der Waals surface area contributed by atoms with E-state index in [1.54, 1.807) is 0 Å². The number of methoxy groups -OCH3 is 1. The molecule has 15 heavy (non-hydrogen) atoms. The Kier molecular flexibility index (Phi) is 4.37. The molecule has 0 fully saturated rings. The molecule has 0 atom stereocenters. The summed E-state index contributed by atoms with van der Waals surface area (Å²) in [7, 11) is 1.30. The average molecular weight is 233 g/mol. The molecule has 0 radical (unpaired) electrons. The van der Waals surface area contributed by atoms with Gasteiger partial charge in [0.05, 0.1) is 25.2 Å². The summed E-state index contributed by atoms with van der Waals surface area (Å²) in [4.78, 5) is 10.7. The van der Waals surface area contributed by atoms with Gasteiger partial charge in [0.25, 0.3) is 0 Å².